The Kier molecular flexibility index (Phi) is 5.22. The standard InChI is InChI=1S/C11H20O4/c1-8(4-5-12)11(13-3)9(2)10-6-14-7-15-10/h5,8-11H,4,6-7H2,1-3H3/t8-,9-,10?,11+/m0/s1. The Morgan fingerprint density at radius 2 is 2.27 bits per heavy atom. The molecule has 1 rings (SSSR count). The molecule has 0 N–H and O–H groups in total. The van der Waals surface area contributed by atoms with E-state index in [1.807, 2.05) is 6.92 Å². The minimum absolute atomic E-state index is 0.0434. The van der Waals surface area contributed by atoms with Gasteiger partial charge in [0.25, 0.3) is 0 Å². The molecule has 0 saturated carbocycles. The average Bonchev–Trinajstić information content (AvgIpc) is 2.71. The first-order valence-corrected chi connectivity index (χ1v) is 5.36. The predicted octanol–water partition coefficient (Wildman–Crippen LogP) is 1.24. The summed E-state index contributed by atoms with van der Waals surface area (Å²) in [7, 11) is 1.68. The molecule has 1 unspecified atom stereocenters. The van der Waals surface area contributed by atoms with Gasteiger partial charge in [-0.25, -0.2) is 0 Å². The molecule has 0 radical (unpaired) electrons. The molecule has 0 aliphatic carbocycles. The quantitative estimate of drug-likeness (QED) is 0.626. The molecule has 88 valence electrons. The average molecular weight is 216 g/mol. The van der Waals surface area contributed by atoms with E-state index in [-0.39, 0.29) is 24.0 Å². The monoisotopic (exact) mass is 216 g/mol. The Morgan fingerprint density at radius 3 is 2.73 bits per heavy atom. The van der Waals surface area contributed by atoms with Crippen molar-refractivity contribution in [2.45, 2.75) is 32.5 Å². The summed E-state index contributed by atoms with van der Waals surface area (Å²) >= 11 is 0. The molecule has 0 spiro atoms. The van der Waals surface area contributed by atoms with Crippen LogP contribution in [0.2, 0.25) is 0 Å². The van der Waals surface area contributed by atoms with Gasteiger partial charge in [0, 0.05) is 19.4 Å². The summed E-state index contributed by atoms with van der Waals surface area (Å²) in [5.74, 6) is 0.458. The van der Waals surface area contributed by atoms with Crippen LogP contribution in [0.15, 0.2) is 0 Å². The maximum absolute atomic E-state index is 10.5. The third-order valence-electron chi connectivity index (χ3n) is 3.05. The van der Waals surface area contributed by atoms with Crippen LogP contribution in [0.1, 0.15) is 20.3 Å². The molecule has 1 saturated heterocycles. The van der Waals surface area contributed by atoms with Crippen molar-refractivity contribution in [1.82, 2.24) is 0 Å². The Labute approximate surface area is 90.9 Å². The highest BCUT2D eigenvalue weighted by molar-refractivity contribution is 5.49. The molecule has 4 heteroatoms. The molecule has 1 heterocycles. The lowest BCUT2D eigenvalue weighted by Crippen LogP contribution is -2.36. The zero-order valence-electron chi connectivity index (χ0n) is 9.64. The third-order valence-corrected chi connectivity index (χ3v) is 3.05. The molecule has 15 heavy (non-hydrogen) atoms. The van der Waals surface area contributed by atoms with Crippen LogP contribution in [-0.2, 0) is 19.0 Å². The van der Waals surface area contributed by atoms with Gasteiger partial charge in [-0.2, -0.15) is 0 Å². The van der Waals surface area contributed by atoms with Gasteiger partial charge in [0.05, 0.1) is 18.8 Å². The second-order valence-corrected chi connectivity index (χ2v) is 4.13. The molecule has 4 atom stereocenters. The van der Waals surface area contributed by atoms with Crippen molar-refractivity contribution in [3.8, 4) is 0 Å². The lowest BCUT2D eigenvalue weighted by Gasteiger charge is -2.30. The minimum atomic E-state index is 0.0434. The minimum Gasteiger partial charge on any atom is -0.381 e. The van der Waals surface area contributed by atoms with E-state index >= 15 is 0 Å². The van der Waals surface area contributed by atoms with Gasteiger partial charge >= 0.3 is 0 Å². The van der Waals surface area contributed by atoms with Crippen LogP contribution in [0, 0.1) is 11.8 Å². The smallest absolute Gasteiger partial charge is 0.147 e. The predicted molar refractivity (Wildman–Crippen MR) is 55.5 cm³/mol. The fourth-order valence-corrected chi connectivity index (χ4v) is 2.11. The van der Waals surface area contributed by atoms with Crippen LogP contribution in [0.25, 0.3) is 0 Å². The van der Waals surface area contributed by atoms with Crippen molar-refractivity contribution < 1.29 is 19.0 Å². The highest BCUT2D eigenvalue weighted by Gasteiger charge is 2.32. The van der Waals surface area contributed by atoms with Crippen molar-refractivity contribution >= 4 is 6.29 Å². The summed E-state index contributed by atoms with van der Waals surface area (Å²) in [6.45, 7) is 5.09. The first-order chi connectivity index (χ1) is 7.20. The molecule has 0 aromatic heterocycles. The van der Waals surface area contributed by atoms with Gasteiger partial charge in [-0.15, -0.1) is 0 Å². The van der Waals surface area contributed by atoms with Crippen molar-refractivity contribution in [3.63, 3.8) is 0 Å². The van der Waals surface area contributed by atoms with E-state index in [4.69, 9.17) is 14.2 Å². The van der Waals surface area contributed by atoms with Crippen LogP contribution in [0.3, 0.4) is 0 Å². The number of hydrogen-bond acceptors (Lipinski definition) is 4. The van der Waals surface area contributed by atoms with Crippen LogP contribution in [0.4, 0.5) is 0 Å². The highest BCUT2D eigenvalue weighted by atomic mass is 16.7. The molecule has 0 bridgehead atoms. The zero-order valence-corrected chi connectivity index (χ0v) is 9.64. The summed E-state index contributed by atoms with van der Waals surface area (Å²) < 4.78 is 16.0. The van der Waals surface area contributed by atoms with Crippen LogP contribution in [-0.4, -0.2) is 39.0 Å². The Bertz CT molecular complexity index is 189. The van der Waals surface area contributed by atoms with E-state index in [1.54, 1.807) is 7.11 Å². The fraction of sp³-hybridized carbons (Fsp3) is 0.909. The van der Waals surface area contributed by atoms with Gasteiger partial charge in [-0.1, -0.05) is 13.8 Å². The number of carbonyl (C=O) groups is 1. The molecule has 1 aliphatic heterocycles. The van der Waals surface area contributed by atoms with Crippen molar-refractivity contribution in [3.05, 3.63) is 0 Å². The van der Waals surface area contributed by atoms with E-state index in [9.17, 15) is 4.79 Å². The van der Waals surface area contributed by atoms with E-state index in [2.05, 4.69) is 6.92 Å². The molecular formula is C11H20O4. The number of carbonyl (C=O) groups excluding carboxylic acids is 1. The molecule has 1 aliphatic rings. The summed E-state index contributed by atoms with van der Waals surface area (Å²) in [5.41, 5.74) is 0. The molecule has 0 aromatic carbocycles. The van der Waals surface area contributed by atoms with Gasteiger partial charge < -0.3 is 19.0 Å². The first-order valence-electron chi connectivity index (χ1n) is 5.36. The van der Waals surface area contributed by atoms with E-state index in [0.29, 0.717) is 19.8 Å². The van der Waals surface area contributed by atoms with Crippen LogP contribution >= 0.6 is 0 Å². The lowest BCUT2D eigenvalue weighted by molar-refractivity contribution is -0.110. The van der Waals surface area contributed by atoms with E-state index in [0.717, 1.165) is 6.29 Å². The molecule has 4 nitrogen and oxygen atoms in total. The van der Waals surface area contributed by atoms with E-state index < -0.39 is 0 Å². The Morgan fingerprint density at radius 1 is 1.53 bits per heavy atom. The summed E-state index contributed by atoms with van der Waals surface area (Å²) in [5, 5.41) is 0. The topological polar surface area (TPSA) is 44.8 Å². The van der Waals surface area contributed by atoms with Gasteiger partial charge in [0.1, 0.15) is 13.1 Å². The second-order valence-electron chi connectivity index (χ2n) is 4.13. The number of aldehydes is 1. The van der Waals surface area contributed by atoms with Crippen molar-refractivity contribution in [1.29, 1.82) is 0 Å². The number of hydrogen-bond donors (Lipinski definition) is 0. The van der Waals surface area contributed by atoms with E-state index in [1.165, 1.54) is 0 Å². The molecule has 1 fully saturated rings. The normalized spacial score (nSPS) is 27.3. The van der Waals surface area contributed by atoms with Crippen molar-refractivity contribution in [2.75, 3.05) is 20.5 Å². The third kappa shape index (κ3) is 3.26. The number of methoxy groups -OCH3 is 1. The van der Waals surface area contributed by atoms with Gasteiger partial charge in [0.15, 0.2) is 0 Å². The molecule has 0 aromatic rings. The number of ether oxygens (including phenoxy) is 3. The van der Waals surface area contributed by atoms with Crippen LogP contribution in [0.5, 0.6) is 0 Å². The largest absolute Gasteiger partial charge is 0.381 e. The van der Waals surface area contributed by atoms with Crippen LogP contribution < -0.4 is 0 Å². The van der Waals surface area contributed by atoms with Gasteiger partial charge in [-0.05, 0) is 5.92 Å². The summed E-state index contributed by atoms with van der Waals surface area (Å²) in [6, 6.07) is 0. The molecule has 0 amide bonds. The van der Waals surface area contributed by atoms with Crippen molar-refractivity contribution in [2.24, 2.45) is 11.8 Å². The zero-order chi connectivity index (χ0) is 11.3. The number of rotatable bonds is 6. The van der Waals surface area contributed by atoms with Gasteiger partial charge in [0.2, 0.25) is 0 Å². The lowest BCUT2D eigenvalue weighted by atomic mass is 9.88. The maximum atomic E-state index is 10.5. The van der Waals surface area contributed by atoms with Gasteiger partial charge in [-0.3, -0.25) is 0 Å². The molecular weight excluding hydrogens is 196 g/mol. The maximum Gasteiger partial charge on any atom is 0.147 e. The summed E-state index contributed by atoms with van der Waals surface area (Å²) in [6.07, 6.45) is 1.59. The SMILES string of the molecule is CO[C@H]([C@@H](C)CC=O)[C@@H](C)C1COCO1. The highest BCUT2D eigenvalue weighted by Crippen LogP contribution is 2.25. The fourth-order valence-electron chi connectivity index (χ4n) is 2.11. The Hall–Kier alpha value is -0.450. The first kappa shape index (κ1) is 12.6. The summed E-state index contributed by atoms with van der Waals surface area (Å²) in [4.78, 5) is 10.5. The second kappa shape index (κ2) is 6.20. The Balaban J connectivity index is 2.51.